The molecule has 5 rings (SSSR count). The highest BCUT2D eigenvalue weighted by Gasteiger charge is 2.20. The van der Waals surface area contributed by atoms with Gasteiger partial charge in [-0.05, 0) is 36.8 Å². The SMILES string of the molecule is CCc1[nH]c2nc(Oc3ccc4nccnc4c3)nc(Oc3ccc(C#N)cc3Cl)c2c1Cl. The lowest BCUT2D eigenvalue weighted by atomic mass is 10.2. The number of hydrogen-bond donors (Lipinski definition) is 1. The van der Waals surface area contributed by atoms with Gasteiger partial charge in [-0.1, -0.05) is 30.1 Å². The molecule has 0 saturated carbocycles. The number of hydrogen-bond acceptors (Lipinski definition) is 7. The minimum atomic E-state index is 0.0473. The molecule has 0 amide bonds. The molecule has 0 fully saturated rings. The maximum absolute atomic E-state index is 9.08. The van der Waals surface area contributed by atoms with Gasteiger partial charge in [-0.25, -0.2) is 0 Å². The molecule has 0 saturated heterocycles. The Morgan fingerprint density at radius 1 is 1.00 bits per heavy atom. The Kier molecular flexibility index (Phi) is 5.42. The molecule has 8 nitrogen and oxygen atoms in total. The summed E-state index contributed by atoms with van der Waals surface area (Å²) in [4.78, 5) is 20.6. The molecular weight excluding hydrogens is 463 g/mol. The summed E-state index contributed by atoms with van der Waals surface area (Å²) >= 11 is 12.9. The van der Waals surface area contributed by atoms with Crippen LogP contribution in [-0.2, 0) is 6.42 Å². The van der Waals surface area contributed by atoms with E-state index in [1.54, 1.807) is 42.7 Å². The third kappa shape index (κ3) is 4.00. The predicted octanol–water partition coefficient (Wildman–Crippen LogP) is 6.23. The Balaban J connectivity index is 1.59. The average molecular weight is 477 g/mol. The molecule has 10 heteroatoms. The van der Waals surface area contributed by atoms with Crippen molar-refractivity contribution in [2.45, 2.75) is 13.3 Å². The first-order chi connectivity index (χ1) is 16.1. The number of rotatable bonds is 5. The van der Waals surface area contributed by atoms with Crippen molar-refractivity contribution in [1.29, 1.82) is 5.26 Å². The lowest BCUT2D eigenvalue weighted by Crippen LogP contribution is -1.97. The number of halogens is 2. The van der Waals surface area contributed by atoms with Gasteiger partial charge in [-0.15, -0.1) is 0 Å². The van der Waals surface area contributed by atoms with Gasteiger partial charge in [0.25, 0.3) is 0 Å². The minimum Gasteiger partial charge on any atom is -0.436 e. The first-order valence-electron chi connectivity index (χ1n) is 9.90. The van der Waals surface area contributed by atoms with E-state index in [1.807, 2.05) is 13.0 Å². The Morgan fingerprint density at radius 2 is 1.82 bits per heavy atom. The van der Waals surface area contributed by atoms with Crippen LogP contribution >= 0.6 is 23.2 Å². The maximum atomic E-state index is 9.08. The average Bonchev–Trinajstić information content (AvgIpc) is 3.15. The van der Waals surface area contributed by atoms with E-state index < -0.39 is 0 Å². The van der Waals surface area contributed by atoms with E-state index >= 15 is 0 Å². The summed E-state index contributed by atoms with van der Waals surface area (Å²) < 4.78 is 11.9. The van der Waals surface area contributed by atoms with Crippen molar-refractivity contribution in [2.24, 2.45) is 0 Å². The number of H-pyrrole nitrogens is 1. The van der Waals surface area contributed by atoms with Crippen LogP contribution in [0.1, 0.15) is 18.2 Å². The van der Waals surface area contributed by atoms with Gasteiger partial charge in [0.05, 0.1) is 32.7 Å². The van der Waals surface area contributed by atoms with Crippen LogP contribution in [0, 0.1) is 11.3 Å². The number of benzene rings is 2. The van der Waals surface area contributed by atoms with Crippen LogP contribution in [0.3, 0.4) is 0 Å². The van der Waals surface area contributed by atoms with Gasteiger partial charge in [-0.3, -0.25) is 9.97 Å². The lowest BCUT2D eigenvalue weighted by molar-refractivity contribution is 0.417. The van der Waals surface area contributed by atoms with Crippen LogP contribution in [0.15, 0.2) is 48.8 Å². The second-order valence-electron chi connectivity index (χ2n) is 6.97. The summed E-state index contributed by atoms with van der Waals surface area (Å²) in [5.41, 5.74) is 3.08. The molecule has 33 heavy (non-hydrogen) atoms. The molecule has 3 aromatic heterocycles. The Hall–Kier alpha value is -3.93. The van der Waals surface area contributed by atoms with Crippen molar-refractivity contribution in [3.05, 3.63) is 70.1 Å². The Bertz CT molecular complexity index is 1560. The standard InChI is InChI=1S/C23H14Cl2N6O2/c1-2-15-20(25)19-21(29-15)30-23(32-13-4-5-16-17(10-13)28-8-7-27-16)31-22(19)33-18-6-3-12(11-26)9-14(18)24/h3-10H,2H2,1H3,(H,29,30,31). The van der Waals surface area contributed by atoms with Gasteiger partial charge in [0.2, 0.25) is 5.88 Å². The molecule has 0 bridgehead atoms. The normalized spacial score (nSPS) is 11.0. The zero-order valence-electron chi connectivity index (χ0n) is 17.1. The van der Waals surface area contributed by atoms with Gasteiger partial charge in [0.1, 0.15) is 22.5 Å². The number of aromatic amines is 1. The third-order valence-corrected chi connectivity index (χ3v) is 5.59. The summed E-state index contributed by atoms with van der Waals surface area (Å²) in [6.07, 6.45) is 3.89. The third-order valence-electron chi connectivity index (χ3n) is 4.88. The quantitative estimate of drug-likeness (QED) is 0.320. The van der Waals surface area contributed by atoms with E-state index in [9.17, 15) is 0 Å². The Morgan fingerprint density at radius 3 is 2.58 bits per heavy atom. The van der Waals surface area contributed by atoms with Crippen LogP contribution < -0.4 is 9.47 Å². The fourth-order valence-corrected chi connectivity index (χ4v) is 3.86. The molecular formula is C23H14Cl2N6O2. The number of nitriles is 1. The molecule has 0 radical (unpaired) electrons. The second-order valence-corrected chi connectivity index (χ2v) is 7.76. The minimum absolute atomic E-state index is 0.0473. The molecule has 162 valence electrons. The fourth-order valence-electron chi connectivity index (χ4n) is 3.29. The number of aromatic nitrogens is 5. The molecule has 2 aromatic carbocycles. The molecule has 0 spiro atoms. The highest BCUT2D eigenvalue weighted by atomic mass is 35.5. The summed E-state index contributed by atoms with van der Waals surface area (Å²) in [5, 5.41) is 10.3. The monoisotopic (exact) mass is 476 g/mol. The van der Waals surface area contributed by atoms with E-state index in [2.05, 4.69) is 24.9 Å². The van der Waals surface area contributed by atoms with E-state index in [-0.39, 0.29) is 16.9 Å². The summed E-state index contributed by atoms with van der Waals surface area (Å²) in [6, 6.07) is 12.1. The topological polar surface area (TPSA) is 110 Å². The molecule has 0 unspecified atom stereocenters. The van der Waals surface area contributed by atoms with Gasteiger partial charge in [-0.2, -0.15) is 15.2 Å². The molecule has 0 aliphatic carbocycles. The van der Waals surface area contributed by atoms with Crippen molar-refractivity contribution in [3.63, 3.8) is 0 Å². The van der Waals surface area contributed by atoms with Crippen molar-refractivity contribution in [1.82, 2.24) is 24.9 Å². The van der Waals surface area contributed by atoms with Crippen LogP contribution in [0.4, 0.5) is 0 Å². The van der Waals surface area contributed by atoms with E-state index in [1.165, 1.54) is 6.07 Å². The smallest absolute Gasteiger partial charge is 0.327 e. The van der Waals surface area contributed by atoms with Crippen molar-refractivity contribution < 1.29 is 9.47 Å². The van der Waals surface area contributed by atoms with Crippen LogP contribution in [0.5, 0.6) is 23.4 Å². The molecule has 3 heterocycles. The zero-order chi connectivity index (χ0) is 22.9. The van der Waals surface area contributed by atoms with Crippen molar-refractivity contribution in [2.75, 3.05) is 0 Å². The number of fused-ring (bicyclic) bond motifs is 2. The highest BCUT2D eigenvalue weighted by Crippen LogP contribution is 2.39. The first kappa shape index (κ1) is 20.9. The first-order valence-corrected chi connectivity index (χ1v) is 10.7. The maximum Gasteiger partial charge on any atom is 0.327 e. The summed E-state index contributed by atoms with van der Waals surface area (Å²) in [7, 11) is 0. The number of aryl methyl sites for hydroxylation is 1. The molecule has 5 aromatic rings. The van der Waals surface area contributed by atoms with Gasteiger partial charge < -0.3 is 14.5 Å². The largest absolute Gasteiger partial charge is 0.436 e. The lowest BCUT2D eigenvalue weighted by Gasteiger charge is -2.10. The van der Waals surface area contributed by atoms with E-state index in [4.69, 9.17) is 37.9 Å². The summed E-state index contributed by atoms with van der Waals surface area (Å²) in [6.45, 7) is 1.97. The molecule has 0 aliphatic heterocycles. The number of nitrogens with zero attached hydrogens (tertiary/aromatic N) is 5. The van der Waals surface area contributed by atoms with Crippen LogP contribution in [0.25, 0.3) is 22.1 Å². The molecule has 0 atom stereocenters. The summed E-state index contributed by atoms with van der Waals surface area (Å²) in [5.74, 6) is 0.971. The predicted molar refractivity (Wildman–Crippen MR) is 124 cm³/mol. The van der Waals surface area contributed by atoms with Gasteiger partial charge >= 0.3 is 6.01 Å². The second kappa shape index (κ2) is 8.54. The van der Waals surface area contributed by atoms with Crippen LogP contribution in [0.2, 0.25) is 10.0 Å². The highest BCUT2D eigenvalue weighted by molar-refractivity contribution is 6.36. The molecule has 1 N–H and O–H groups in total. The molecule has 0 aliphatic rings. The zero-order valence-corrected chi connectivity index (χ0v) is 18.6. The van der Waals surface area contributed by atoms with E-state index in [0.717, 1.165) is 11.2 Å². The van der Waals surface area contributed by atoms with Gasteiger partial charge in [0, 0.05) is 24.2 Å². The Labute approximate surface area is 197 Å². The fraction of sp³-hybridized carbons (Fsp3) is 0.0870. The van der Waals surface area contributed by atoms with Crippen molar-refractivity contribution >= 4 is 45.3 Å². The van der Waals surface area contributed by atoms with Crippen LogP contribution in [-0.4, -0.2) is 24.9 Å². The van der Waals surface area contributed by atoms with Gasteiger partial charge in [0.15, 0.2) is 0 Å². The van der Waals surface area contributed by atoms with Crippen molar-refractivity contribution in [3.8, 4) is 29.5 Å². The number of nitrogens with one attached hydrogen (secondary N) is 1. The van der Waals surface area contributed by atoms with E-state index in [0.29, 0.717) is 45.1 Å². The number of ether oxygens (including phenoxy) is 2.